The molecule has 1 aliphatic rings. The number of hydrogen-bond donors (Lipinski definition) is 1. The van der Waals surface area contributed by atoms with Crippen LogP contribution >= 0.6 is 11.6 Å². The number of halogens is 2. The predicted molar refractivity (Wildman–Crippen MR) is 118 cm³/mol. The van der Waals surface area contributed by atoms with Crippen LogP contribution in [0.1, 0.15) is 18.4 Å². The molecule has 2 aromatic carbocycles. The summed E-state index contributed by atoms with van der Waals surface area (Å²) in [6.07, 6.45) is 1.40. The lowest BCUT2D eigenvalue weighted by molar-refractivity contribution is -0.125. The van der Waals surface area contributed by atoms with Gasteiger partial charge in [-0.05, 0) is 60.9 Å². The second-order valence-corrected chi connectivity index (χ2v) is 7.96. The molecule has 0 aliphatic carbocycles. The minimum atomic E-state index is -0.371. The summed E-state index contributed by atoms with van der Waals surface area (Å²) in [5.41, 5.74) is 1.22. The highest BCUT2D eigenvalue weighted by Gasteiger charge is 2.25. The molecular formula is C23H22ClFN4O2. The van der Waals surface area contributed by atoms with Crippen LogP contribution in [0.5, 0.6) is 0 Å². The summed E-state index contributed by atoms with van der Waals surface area (Å²) < 4.78 is 14.5. The van der Waals surface area contributed by atoms with Gasteiger partial charge >= 0.3 is 0 Å². The predicted octanol–water partition coefficient (Wildman–Crippen LogP) is 3.56. The van der Waals surface area contributed by atoms with Crippen LogP contribution in [-0.4, -0.2) is 28.8 Å². The van der Waals surface area contributed by atoms with Gasteiger partial charge in [-0.1, -0.05) is 23.7 Å². The minimum Gasteiger partial charge on any atom is -0.355 e. The topological polar surface area (TPSA) is 67.2 Å². The van der Waals surface area contributed by atoms with Gasteiger partial charge in [-0.15, -0.1) is 5.10 Å². The zero-order valence-corrected chi connectivity index (χ0v) is 17.6. The molecule has 0 spiro atoms. The highest BCUT2D eigenvalue weighted by Crippen LogP contribution is 2.22. The van der Waals surface area contributed by atoms with E-state index in [1.54, 1.807) is 18.2 Å². The molecule has 160 valence electrons. The van der Waals surface area contributed by atoms with Crippen LogP contribution in [0.4, 0.5) is 10.2 Å². The van der Waals surface area contributed by atoms with Crippen molar-refractivity contribution >= 4 is 23.3 Å². The van der Waals surface area contributed by atoms with E-state index in [4.69, 9.17) is 11.6 Å². The van der Waals surface area contributed by atoms with E-state index in [1.165, 1.54) is 35.0 Å². The van der Waals surface area contributed by atoms with Crippen molar-refractivity contribution in [3.05, 3.63) is 87.4 Å². The van der Waals surface area contributed by atoms with Crippen molar-refractivity contribution in [2.45, 2.75) is 19.4 Å². The molecule has 0 atom stereocenters. The van der Waals surface area contributed by atoms with E-state index >= 15 is 0 Å². The maximum atomic E-state index is 13.2. The molecule has 6 nitrogen and oxygen atoms in total. The summed E-state index contributed by atoms with van der Waals surface area (Å²) in [5, 5.41) is 8.11. The number of nitrogens with one attached hydrogen (secondary N) is 1. The van der Waals surface area contributed by atoms with Gasteiger partial charge in [0.2, 0.25) is 5.91 Å². The van der Waals surface area contributed by atoms with Crippen molar-refractivity contribution in [3.63, 3.8) is 0 Å². The lowest BCUT2D eigenvalue weighted by Crippen LogP contribution is -2.41. The third-order valence-electron chi connectivity index (χ3n) is 5.43. The van der Waals surface area contributed by atoms with E-state index in [2.05, 4.69) is 15.3 Å². The number of hydrogen-bond acceptors (Lipinski definition) is 4. The number of benzene rings is 2. The second kappa shape index (κ2) is 9.31. The molecule has 0 radical (unpaired) electrons. The fourth-order valence-electron chi connectivity index (χ4n) is 3.64. The van der Waals surface area contributed by atoms with E-state index in [9.17, 15) is 14.0 Å². The SMILES string of the molecule is O=C(NCc1ccc(Cl)cc1)C1CCN(c2ccc(=O)n(-c3ccc(F)cc3)n2)CC1. The van der Waals surface area contributed by atoms with E-state index in [-0.39, 0.29) is 23.2 Å². The maximum absolute atomic E-state index is 13.2. The van der Waals surface area contributed by atoms with Crippen LogP contribution in [0.3, 0.4) is 0 Å². The highest BCUT2D eigenvalue weighted by atomic mass is 35.5. The van der Waals surface area contributed by atoms with Crippen molar-refractivity contribution in [2.24, 2.45) is 5.92 Å². The van der Waals surface area contributed by atoms with Crippen molar-refractivity contribution in [3.8, 4) is 5.69 Å². The Hall–Kier alpha value is -3.19. The molecule has 4 rings (SSSR count). The van der Waals surface area contributed by atoms with Crippen molar-refractivity contribution in [1.82, 2.24) is 15.1 Å². The molecule has 1 N–H and O–H groups in total. The molecule has 2 heterocycles. The first-order valence-corrected chi connectivity index (χ1v) is 10.5. The van der Waals surface area contributed by atoms with E-state index in [0.29, 0.717) is 49.0 Å². The fourth-order valence-corrected chi connectivity index (χ4v) is 3.77. The lowest BCUT2D eigenvalue weighted by atomic mass is 9.96. The lowest BCUT2D eigenvalue weighted by Gasteiger charge is -2.32. The van der Waals surface area contributed by atoms with Crippen LogP contribution in [0.25, 0.3) is 5.69 Å². The molecule has 1 aromatic heterocycles. The molecule has 1 saturated heterocycles. The Morgan fingerprint density at radius 2 is 1.71 bits per heavy atom. The number of carbonyl (C=O) groups excluding carboxylic acids is 1. The van der Waals surface area contributed by atoms with E-state index < -0.39 is 0 Å². The van der Waals surface area contributed by atoms with Gasteiger partial charge in [0.25, 0.3) is 5.56 Å². The molecular weight excluding hydrogens is 419 g/mol. The molecule has 1 aliphatic heterocycles. The standard InChI is InChI=1S/C23H22ClFN4O2/c24-18-3-1-16(2-4-18)15-26-23(31)17-11-13-28(14-12-17)21-9-10-22(30)29(27-21)20-7-5-19(25)6-8-20/h1-10,17H,11-15H2,(H,26,31). The third-order valence-corrected chi connectivity index (χ3v) is 5.68. The second-order valence-electron chi connectivity index (χ2n) is 7.52. The van der Waals surface area contributed by atoms with Gasteiger partial charge < -0.3 is 10.2 Å². The summed E-state index contributed by atoms with van der Waals surface area (Å²) in [5.74, 6) is 0.263. The number of nitrogens with zero attached hydrogens (tertiary/aromatic N) is 3. The van der Waals surface area contributed by atoms with Crippen LogP contribution in [-0.2, 0) is 11.3 Å². The first kappa shape index (κ1) is 21.1. The Morgan fingerprint density at radius 3 is 2.39 bits per heavy atom. The van der Waals surface area contributed by atoms with E-state index in [0.717, 1.165) is 5.56 Å². The van der Waals surface area contributed by atoms with Gasteiger partial charge in [-0.3, -0.25) is 9.59 Å². The molecule has 1 amide bonds. The first-order valence-electron chi connectivity index (χ1n) is 10.1. The smallest absolute Gasteiger partial charge is 0.271 e. The Kier molecular flexibility index (Phi) is 6.32. The quantitative estimate of drug-likeness (QED) is 0.658. The molecule has 0 unspecified atom stereocenters. The van der Waals surface area contributed by atoms with Crippen molar-refractivity contribution < 1.29 is 9.18 Å². The average Bonchev–Trinajstić information content (AvgIpc) is 2.80. The van der Waals surface area contributed by atoms with Gasteiger partial charge in [0.05, 0.1) is 5.69 Å². The normalized spacial score (nSPS) is 14.5. The fraction of sp³-hybridized carbons (Fsp3) is 0.261. The van der Waals surface area contributed by atoms with Crippen molar-refractivity contribution in [2.75, 3.05) is 18.0 Å². The number of rotatable bonds is 5. The summed E-state index contributed by atoms with van der Waals surface area (Å²) in [6, 6.07) is 16.2. The summed E-state index contributed by atoms with van der Waals surface area (Å²) in [7, 11) is 0. The number of amides is 1. The van der Waals surface area contributed by atoms with Crippen LogP contribution in [0.2, 0.25) is 5.02 Å². The zero-order chi connectivity index (χ0) is 21.8. The molecule has 0 saturated carbocycles. The number of carbonyl (C=O) groups is 1. The minimum absolute atomic E-state index is 0.0406. The summed E-state index contributed by atoms with van der Waals surface area (Å²) >= 11 is 5.89. The monoisotopic (exact) mass is 440 g/mol. The van der Waals surface area contributed by atoms with Crippen molar-refractivity contribution in [1.29, 1.82) is 0 Å². The van der Waals surface area contributed by atoms with Crippen LogP contribution in [0, 0.1) is 11.7 Å². The highest BCUT2D eigenvalue weighted by molar-refractivity contribution is 6.30. The largest absolute Gasteiger partial charge is 0.355 e. The molecule has 0 bridgehead atoms. The van der Waals surface area contributed by atoms with E-state index in [1.807, 2.05) is 12.1 Å². The Bertz CT molecular complexity index is 1110. The zero-order valence-electron chi connectivity index (χ0n) is 16.8. The van der Waals surface area contributed by atoms with Gasteiger partial charge in [-0.25, -0.2) is 4.39 Å². The average molecular weight is 441 g/mol. The maximum Gasteiger partial charge on any atom is 0.271 e. The molecule has 1 fully saturated rings. The Labute approximate surface area is 184 Å². The van der Waals surface area contributed by atoms with Gasteiger partial charge in [0.1, 0.15) is 11.6 Å². The third kappa shape index (κ3) is 5.11. The van der Waals surface area contributed by atoms with Crippen LogP contribution < -0.4 is 15.8 Å². The number of aromatic nitrogens is 2. The Balaban J connectivity index is 1.36. The summed E-state index contributed by atoms with van der Waals surface area (Å²) in [6.45, 7) is 1.79. The number of piperidine rings is 1. The summed E-state index contributed by atoms with van der Waals surface area (Å²) in [4.78, 5) is 26.8. The Morgan fingerprint density at radius 1 is 1.03 bits per heavy atom. The van der Waals surface area contributed by atoms with Gasteiger partial charge in [-0.2, -0.15) is 4.68 Å². The number of anilines is 1. The molecule has 8 heteroatoms. The van der Waals surface area contributed by atoms with Gasteiger partial charge in [0, 0.05) is 36.6 Å². The molecule has 31 heavy (non-hydrogen) atoms. The van der Waals surface area contributed by atoms with Gasteiger partial charge in [0.15, 0.2) is 0 Å². The molecule has 3 aromatic rings. The first-order chi connectivity index (χ1) is 15.0. The van der Waals surface area contributed by atoms with Crippen LogP contribution in [0.15, 0.2) is 65.5 Å².